The first-order chi connectivity index (χ1) is 20.2. The molecule has 44 heavy (non-hydrogen) atoms. The van der Waals surface area contributed by atoms with Gasteiger partial charge in [0.2, 0.25) is 17.7 Å². The first-order valence-corrected chi connectivity index (χ1v) is 15.0. The molecule has 0 saturated carbocycles. The third kappa shape index (κ3) is 37.5. The molecule has 0 unspecified atom stereocenters. The van der Waals surface area contributed by atoms with Gasteiger partial charge in [0.1, 0.15) is 0 Å². The lowest BCUT2D eigenvalue weighted by molar-refractivity contribution is -0.141. The summed E-state index contributed by atoms with van der Waals surface area (Å²) in [5, 5.41) is 5.93. The number of methoxy groups -OCH3 is 3. The lowest BCUT2D eigenvalue weighted by Gasteiger charge is -2.12. The van der Waals surface area contributed by atoms with Crippen LogP contribution in [0.15, 0.2) is 0 Å². The van der Waals surface area contributed by atoms with Gasteiger partial charge in [-0.25, -0.2) is 0 Å². The Balaban J connectivity index is -0.000000159. The largest absolute Gasteiger partial charge is 0.469 e. The van der Waals surface area contributed by atoms with Crippen molar-refractivity contribution in [1.29, 1.82) is 0 Å². The maximum Gasteiger partial charge on any atom is 0.305 e. The zero-order valence-corrected chi connectivity index (χ0v) is 29.4. The van der Waals surface area contributed by atoms with E-state index in [1.807, 2.05) is 20.8 Å². The minimum Gasteiger partial charge on any atom is -0.469 e. The van der Waals surface area contributed by atoms with E-state index in [1.54, 1.807) is 0 Å². The van der Waals surface area contributed by atoms with Crippen LogP contribution in [0.25, 0.3) is 0 Å². The number of carbonyl (C=O) groups excluding carboxylic acids is 6. The van der Waals surface area contributed by atoms with Gasteiger partial charge in [0, 0.05) is 19.3 Å². The fraction of sp³-hybridized carbons (Fsp3) is 0.778. The first-order valence-electron chi connectivity index (χ1n) is 14.1. The van der Waals surface area contributed by atoms with E-state index in [2.05, 4.69) is 40.8 Å². The van der Waals surface area contributed by atoms with Crippen molar-refractivity contribution in [2.75, 3.05) is 41.0 Å². The van der Waals surface area contributed by atoms with Crippen LogP contribution in [-0.2, 0) is 43.0 Å². The zero-order valence-electron chi connectivity index (χ0n) is 27.0. The van der Waals surface area contributed by atoms with Crippen LogP contribution < -0.4 is 33.6 Å². The number of primary amides is 3. The van der Waals surface area contributed by atoms with Gasteiger partial charge in [-0.05, 0) is 58.2 Å². The van der Waals surface area contributed by atoms with Crippen LogP contribution in [0.2, 0.25) is 0 Å². The Bertz CT molecular complexity index is 740. The molecule has 10 N–H and O–H groups in total. The molecule has 3 amide bonds. The summed E-state index contributed by atoms with van der Waals surface area (Å²) in [6.45, 7) is 7.39. The highest BCUT2D eigenvalue weighted by Gasteiger charge is 2.12. The second-order valence-electron chi connectivity index (χ2n) is 8.74. The van der Waals surface area contributed by atoms with Crippen molar-refractivity contribution < 1.29 is 43.0 Å². The van der Waals surface area contributed by atoms with E-state index in [9.17, 15) is 28.8 Å². The van der Waals surface area contributed by atoms with Crippen LogP contribution in [0, 0.1) is 0 Å². The topological polar surface area (TPSA) is 258 Å². The molecule has 0 heterocycles. The SMILES string of the molecule is CC[C@@H](Br)C(N)=O.CC[C@H](NCCCC(=O)OC)C(N)=O.CC[C@H](NCCCC(=O)OC)C(N)=O.COC(=O)CCCN.Cl. The number of amides is 3. The van der Waals surface area contributed by atoms with Gasteiger partial charge in [0.15, 0.2) is 0 Å². The predicted octanol–water partition coefficient (Wildman–Crippen LogP) is 0.552. The lowest BCUT2D eigenvalue weighted by Crippen LogP contribution is -2.41. The molecule has 0 bridgehead atoms. The molecular formula is C27H56BrClN6O9. The quantitative estimate of drug-likeness (QED) is 0.0462. The van der Waals surface area contributed by atoms with E-state index < -0.39 is 0 Å². The van der Waals surface area contributed by atoms with Crippen molar-refractivity contribution in [2.24, 2.45) is 22.9 Å². The Hall–Kier alpha value is -2.53. The number of alkyl halides is 1. The van der Waals surface area contributed by atoms with Gasteiger partial charge in [-0.15, -0.1) is 12.4 Å². The lowest BCUT2D eigenvalue weighted by atomic mass is 10.2. The van der Waals surface area contributed by atoms with E-state index >= 15 is 0 Å². The molecule has 0 aliphatic rings. The van der Waals surface area contributed by atoms with E-state index in [4.69, 9.17) is 22.9 Å². The number of esters is 3. The van der Waals surface area contributed by atoms with E-state index in [-0.39, 0.29) is 64.9 Å². The molecule has 0 aromatic carbocycles. The van der Waals surface area contributed by atoms with Crippen molar-refractivity contribution in [1.82, 2.24) is 10.6 Å². The fourth-order valence-corrected chi connectivity index (χ4v) is 2.66. The monoisotopic (exact) mass is 722 g/mol. The first kappa shape index (κ1) is 51.1. The van der Waals surface area contributed by atoms with Crippen molar-refractivity contribution in [3.05, 3.63) is 0 Å². The Morgan fingerprint density at radius 2 is 0.932 bits per heavy atom. The molecule has 0 fully saturated rings. The Morgan fingerprint density at radius 3 is 1.11 bits per heavy atom. The Morgan fingerprint density at radius 1 is 0.614 bits per heavy atom. The molecule has 3 atom stereocenters. The predicted molar refractivity (Wildman–Crippen MR) is 175 cm³/mol. The van der Waals surface area contributed by atoms with Gasteiger partial charge in [-0.3, -0.25) is 28.8 Å². The fourth-order valence-electron chi connectivity index (χ4n) is 2.66. The highest BCUT2D eigenvalue weighted by molar-refractivity contribution is 9.10. The molecule has 0 aliphatic carbocycles. The van der Waals surface area contributed by atoms with Crippen LogP contribution in [0.5, 0.6) is 0 Å². The smallest absolute Gasteiger partial charge is 0.305 e. The van der Waals surface area contributed by atoms with Gasteiger partial charge in [-0.1, -0.05) is 36.7 Å². The van der Waals surface area contributed by atoms with E-state index in [0.29, 0.717) is 71.0 Å². The number of hydrogen-bond acceptors (Lipinski definition) is 12. The third-order valence-corrected chi connectivity index (χ3v) is 6.43. The van der Waals surface area contributed by atoms with E-state index in [1.165, 1.54) is 21.3 Å². The highest BCUT2D eigenvalue weighted by Crippen LogP contribution is 2.01. The average Bonchev–Trinajstić information content (AvgIpc) is 2.99. The molecule has 0 saturated heterocycles. The van der Waals surface area contributed by atoms with Gasteiger partial charge in [0.05, 0.1) is 38.2 Å². The summed E-state index contributed by atoms with van der Waals surface area (Å²) in [5.41, 5.74) is 20.2. The summed E-state index contributed by atoms with van der Waals surface area (Å²) in [6.07, 6.45) is 5.25. The number of nitrogens with one attached hydrogen (secondary N) is 2. The molecule has 0 rings (SSSR count). The zero-order chi connectivity index (χ0) is 34.2. The normalized spacial score (nSPS) is 11.5. The standard InChI is InChI=1S/2C9H18N2O3.C5H11NO2.C4H8BrNO.ClH/c2*1-3-7(9(10)13)11-6-4-5-8(12)14-2;1-8-5(7)3-2-4-6;1-2-3(5)4(6)7;/h2*7,11H,3-6H2,1-2H3,(H2,10,13);2-4,6H2,1H3;3H,2H2,1H3,(H2,6,7);1H/t2*7-;;3-;/m00.1./s1. The van der Waals surface area contributed by atoms with Crippen molar-refractivity contribution in [3.8, 4) is 0 Å². The number of carbonyl (C=O) groups is 6. The average molecular weight is 724 g/mol. The van der Waals surface area contributed by atoms with Gasteiger partial charge >= 0.3 is 17.9 Å². The Labute approximate surface area is 276 Å². The van der Waals surface area contributed by atoms with Crippen LogP contribution in [0.1, 0.15) is 78.6 Å². The third-order valence-electron chi connectivity index (χ3n) is 5.34. The summed E-state index contributed by atoms with van der Waals surface area (Å²) in [7, 11) is 4.08. The van der Waals surface area contributed by atoms with Crippen LogP contribution in [-0.4, -0.2) is 93.5 Å². The van der Waals surface area contributed by atoms with Crippen LogP contribution in [0.3, 0.4) is 0 Å². The molecular weight excluding hydrogens is 668 g/mol. The summed E-state index contributed by atoms with van der Waals surface area (Å²) in [6, 6.07) is -0.597. The minimum atomic E-state index is -0.356. The summed E-state index contributed by atoms with van der Waals surface area (Å²) in [5.74, 6) is -1.66. The van der Waals surface area contributed by atoms with Crippen molar-refractivity contribution >= 4 is 64.0 Å². The number of nitrogens with two attached hydrogens (primary N) is 4. The molecule has 0 aromatic rings. The number of halogens is 2. The van der Waals surface area contributed by atoms with Gasteiger partial charge in [0.25, 0.3) is 0 Å². The van der Waals surface area contributed by atoms with Crippen LogP contribution in [0.4, 0.5) is 0 Å². The molecule has 17 heteroatoms. The van der Waals surface area contributed by atoms with E-state index in [0.717, 1.165) is 6.42 Å². The summed E-state index contributed by atoms with van der Waals surface area (Å²) >= 11 is 3.07. The minimum absolute atomic E-state index is 0. The maximum atomic E-state index is 10.8. The maximum absolute atomic E-state index is 10.8. The second-order valence-corrected chi connectivity index (χ2v) is 9.85. The summed E-state index contributed by atoms with van der Waals surface area (Å²) in [4.78, 5) is 63.3. The highest BCUT2D eigenvalue weighted by atomic mass is 79.9. The molecule has 0 aliphatic heterocycles. The summed E-state index contributed by atoms with van der Waals surface area (Å²) < 4.78 is 13.3. The molecule has 0 radical (unpaired) electrons. The number of rotatable bonds is 19. The molecule has 15 nitrogen and oxygen atoms in total. The molecule has 0 aromatic heterocycles. The second kappa shape index (κ2) is 36.7. The van der Waals surface area contributed by atoms with Crippen molar-refractivity contribution in [3.63, 3.8) is 0 Å². The molecule has 262 valence electrons. The van der Waals surface area contributed by atoms with Crippen LogP contribution >= 0.6 is 28.3 Å². The number of ether oxygens (including phenoxy) is 3. The van der Waals surface area contributed by atoms with Crippen molar-refractivity contribution in [2.45, 2.75) is 95.5 Å². The molecule has 0 spiro atoms. The van der Waals surface area contributed by atoms with Gasteiger partial charge in [-0.2, -0.15) is 0 Å². The Kier molecular flexibility index (Phi) is 42.5. The van der Waals surface area contributed by atoms with Gasteiger partial charge < -0.3 is 47.8 Å². The number of hydrogen-bond donors (Lipinski definition) is 6.